The van der Waals surface area contributed by atoms with Crippen molar-refractivity contribution >= 4 is 28.9 Å². The third-order valence-electron chi connectivity index (χ3n) is 2.08. The molecule has 1 rings (SSSR count). The number of carbonyl (C=O) groups is 1. The van der Waals surface area contributed by atoms with Crippen LogP contribution in [0.1, 0.15) is 20.8 Å². The Morgan fingerprint density at radius 1 is 1.41 bits per heavy atom. The van der Waals surface area contributed by atoms with Gasteiger partial charge in [0, 0.05) is 17.2 Å². The predicted octanol–water partition coefficient (Wildman–Crippen LogP) is 3.23. The average molecular weight is 257 g/mol. The molecule has 0 aromatic heterocycles. The van der Waals surface area contributed by atoms with Gasteiger partial charge in [-0.25, -0.2) is 0 Å². The number of carbonyl (C=O) groups excluding carboxylic acids is 1. The van der Waals surface area contributed by atoms with Gasteiger partial charge in [0.2, 0.25) is 5.91 Å². The van der Waals surface area contributed by atoms with E-state index in [0.717, 1.165) is 0 Å². The van der Waals surface area contributed by atoms with Crippen LogP contribution in [-0.2, 0) is 4.79 Å². The van der Waals surface area contributed by atoms with Crippen molar-refractivity contribution in [3.63, 3.8) is 0 Å². The Labute approximate surface area is 104 Å². The first-order valence-corrected chi connectivity index (χ1v) is 5.35. The Morgan fingerprint density at radius 2 is 2.00 bits per heavy atom. The van der Waals surface area contributed by atoms with E-state index < -0.39 is 10.3 Å². The molecule has 0 aliphatic carbocycles. The van der Waals surface area contributed by atoms with Crippen LogP contribution >= 0.6 is 11.6 Å². The lowest BCUT2D eigenvalue weighted by atomic mass is 9.95. The summed E-state index contributed by atoms with van der Waals surface area (Å²) in [5, 5.41) is 13.3. The van der Waals surface area contributed by atoms with E-state index in [9.17, 15) is 14.9 Å². The molecule has 1 aromatic carbocycles. The molecule has 0 saturated carbocycles. The van der Waals surface area contributed by atoms with Gasteiger partial charge in [-0.2, -0.15) is 0 Å². The summed E-state index contributed by atoms with van der Waals surface area (Å²) >= 11 is 5.66. The fraction of sp³-hybridized carbons (Fsp3) is 0.364. The highest BCUT2D eigenvalue weighted by atomic mass is 35.5. The van der Waals surface area contributed by atoms with Crippen molar-refractivity contribution < 1.29 is 9.72 Å². The summed E-state index contributed by atoms with van der Waals surface area (Å²) in [5.74, 6) is -0.214. The summed E-state index contributed by atoms with van der Waals surface area (Å²) in [7, 11) is 0. The van der Waals surface area contributed by atoms with Crippen molar-refractivity contribution in [3.05, 3.63) is 33.3 Å². The maximum absolute atomic E-state index is 11.7. The van der Waals surface area contributed by atoms with Gasteiger partial charge in [0.1, 0.15) is 5.02 Å². The summed E-state index contributed by atoms with van der Waals surface area (Å²) in [5.41, 5.74) is -0.423. The summed E-state index contributed by atoms with van der Waals surface area (Å²) in [6.07, 6.45) is 0. The molecule has 0 unspecified atom stereocenters. The van der Waals surface area contributed by atoms with Gasteiger partial charge in [0.05, 0.1) is 4.92 Å². The average Bonchev–Trinajstić information content (AvgIpc) is 2.19. The first kappa shape index (κ1) is 13.4. The minimum atomic E-state index is -0.588. The van der Waals surface area contributed by atoms with Crippen LogP contribution in [0.5, 0.6) is 0 Å². The van der Waals surface area contributed by atoms with E-state index in [1.165, 1.54) is 18.2 Å². The second-order valence-corrected chi connectivity index (χ2v) is 5.03. The zero-order valence-electron chi connectivity index (χ0n) is 9.78. The molecule has 0 fully saturated rings. The minimum absolute atomic E-state index is 0.0451. The second-order valence-electron chi connectivity index (χ2n) is 4.63. The van der Waals surface area contributed by atoms with Gasteiger partial charge in [-0.15, -0.1) is 0 Å². The molecule has 0 atom stereocenters. The number of nitrogens with one attached hydrogen (secondary N) is 1. The number of anilines is 1. The molecule has 0 bridgehead atoms. The molecule has 0 aliphatic heterocycles. The van der Waals surface area contributed by atoms with Crippen LogP contribution in [0.4, 0.5) is 11.4 Å². The number of rotatable bonds is 2. The number of hydrogen-bond donors (Lipinski definition) is 1. The van der Waals surface area contributed by atoms with E-state index in [1.54, 1.807) is 20.8 Å². The van der Waals surface area contributed by atoms with Gasteiger partial charge < -0.3 is 5.32 Å². The number of amides is 1. The maximum atomic E-state index is 11.7. The number of nitro groups is 1. The topological polar surface area (TPSA) is 72.2 Å². The molecule has 0 radical (unpaired) electrons. The van der Waals surface area contributed by atoms with Crippen molar-refractivity contribution in [2.75, 3.05) is 5.32 Å². The monoisotopic (exact) mass is 256 g/mol. The Kier molecular flexibility index (Phi) is 3.72. The van der Waals surface area contributed by atoms with Gasteiger partial charge in [0.25, 0.3) is 5.69 Å². The van der Waals surface area contributed by atoms with Gasteiger partial charge in [-0.3, -0.25) is 14.9 Å². The lowest BCUT2D eigenvalue weighted by molar-refractivity contribution is -0.384. The summed E-state index contributed by atoms with van der Waals surface area (Å²) in [4.78, 5) is 21.8. The van der Waals surface area contributed by atoms with Crippen LogP contribution in [0.25, 0.3) is 0 Å². The predicted molar refractivity (Wildman–Crippen MR) is 66.2 cm³/mol. The first-order chi connectivity index (χ1) is 7.71. The molecular weight excluding hydrogens is 244 g/mol. The molecule has 1 amide bonds. The number of halogens is 1. The molecule has 1 aromatic rings. The molecule has 17 heavy (non-hydrogen) atoms. The van der Waals surface area contributed by atoms with Crippen LogP contribution in [0.3, 0.4) is 0 Å². The molecule has 5 nitrogen and oxygen atoms in total. The standard InChI is InChI=1S/C11H13ClN2O3/c1-11(2,3)10(15)13-7-4-5-8(12)9(6-7)14(16)17/h4-6H,1-3H3,(H,13,15). The quantitative estimate of drug-likeness (QED) is 0.652. The van der Waals surface area contributed by atoms with Gasteiger partial charge in [-0.1, -0.05) is 32.4 Å². The SMILES string of the molecule is CC(C)(C)C(=O)Nc1ccc(Cl)c([N+](=O)[O-])c1. The number of nitro benzene ring substituents is 1. The zero-order chi connectivity index (χ0) is 13.2. The van der Waals surface area contributed by atoms with Crippen molar-refractivity contribution in [1.82, 2.24) is 0 Å². The normalized spacial score (nSPS) is 11.1. The van der Waals surface area contributed by atoms with E-state index >= 15 is 0 Å². The number of hydrogen-bond acceptors (Lipinski definition) is 3. The van der Waals surface area contributed by atoms with E-state index in [1.807, 2.05) is 0 Å². The fourth-order valence-electron chi connectivity index (χ4n) is 1.05. The van der Waals surface area contributed by atoms with Gasteiger partial charge in [-0.05, 0) is 12.1 Å². The lowest BCUT2D eigenvalue weighted by Gasteiger charge is -2.17. The largest absolute Gasteiger partial charge is 0.325 e. The number of benzene rings is 1. The fourth-order valence-corrected chi connectivity index (χ4v) is 1.24. The van der Waals surface area contributed by atoms with E-state index in [4.69, 9.17) is 11.6 Å². The van der Waals surface area contributed by atoms with Crippen LogP contribution in [0.2, 0.25) is 5.02 Å². The number of nitrogens with zero attached hydrogens (tertiary/aromatic N) is 1. The Hall–Kier alpha value is -1.62. The Bertz CT molecular complexity index is 466. The maximum Gasteiger partial charge on any atom is 0.289 e. The summed E-state index contributed by atoms with van der Waals surface area (Å²) in [6, 6.07) is 4.16. The van der Waals surface area contributed by atoms with E-state index in [2.05, 4.69) is 5.32 Å². The molecule has 92 valence electrons. The molecule has 1 N–H and O–H groups in total. The second kappa shape index (κ2) is 4.71. The summed E-state index contributed by atoms with van der Waals surface area (Å²) < 4.78 is 0. The highest BCUT2D eigenvalue weighted by Crippen LogP contribution is 2.28. The summed E-state index contributed by atoms with van der Waals surface area (Å²) in [6.45, 7) is 5.27. The molecule has 0 saturated heterocycles. The van der Waals surface area contributed by atoms with Crippen LogP contribution in [-0.4, -0.2) is 10.8 Å². The van der Waals surface area contributed by atoms with Gasteiger partial charge >= 0.3 is 0 Å². The highest BCUT2D eigenvalue weighted by Gasteiger charge is 2.22. The van der Waals surface area contributed by atoms with E-state index in [-0.39, 0.29) is 16.6 Å². The van der Waals surface area contributed by atoms with Crippen molar-refractivity contribution in [1.29, 1.82) is 0 Å². The highest BCUT2D eigenvalue weighted by molar-refractivity contribution is 6.32. The minimum Gasteiger partial charge on any atom is -0.325 e. The first-order valence-electron chi connectivity index (χ1n) is 4.97. The zero-order valence-corrected chi connectivity index (χ0v) is 10.5. The van der Waals surface area contributed by atoms with Crippen molar-refractivity contribution in [2.45, 2.75) is 20.8 Å². The molecular formula is C11H13ClN2O3. The van der Waals surface area contributed by atoms with Crippen LogP contribution in [0, 0.1) is 15.5 Å². The smallest absolute Gasteiger partial charge is 0.289 e. The van der Waals surface area contributed by atoms with E-state index in [0.29, 0.717) is 5.69 Å². The van der Waals surface area contributed by atoms with Crippen LogP contribution < -0.4 is 5.32 Å². The Morgan fingerprint density at radius 3 is 2.47 bits per heavy atom. The molecule has 0 spiro atoms. The lowest BCUT2D eigenvalue weighted by Crippen LogP contribution is -2.27. The van der Waals surface area contributed by atoms with Crippen LogP contribution in [0.15, 0.2) is 18.2 Å². The third-order valence-corrected chi connectivity index (χ3v) is 2.40. The van der Waals surface area contributed by atoms with Crippen molar-refractivity contribution in [3.8, 4) is 0 Å². The Balaban J connectivity index is 2.98. The molecule has 0 aliphatic rings. The molecule has 6 heteroatoms. The van der Waals surface area contributed by atoms with Gasteiger partial charge in [0.15, 0.2) is 0 Å². The third kappa shape index (κ3) is 3.42. The molecule has 0 heterocycles. The van der Waals surface area contributed by atoms with Crippen molar-refractivity contribution in [2.24, 2.45) is 5.41 Å².